The van der Waals surface area contributed by atoms with Gasteiger partial charge in [0.1, 0.15) is 15.7 Å². The Morgan fingerprint density at radius 3 is 2.44 bits per heavy atom. The van der Waals surface area contributed by atoms with Crippen LogP contribution in [0.15, 0.2) is 42.5 Å². The highest BCUT2D eigenvalue weighted by atomic mass is 35.5. The number of carbonyl (C=O) groups excluding carboxylic acids is 4. The van der Waals surface area contributed by atoms with E-state index in [0.717, 1.165) is 21.8 Å². The molecule has 1 saturated heterocycles. The molecule has 0 saturated carbocycles. The van der Waals surface area contributed by atoms with E-state index >= 15 is 0 Å². The zero-order valence-corrected chi connectivity index (χ0v) is 21.1. The van der Waals surface area contributed by atoms with Crippen LogP contribution in [-0.2, 0) is 33.4 Å². The number of nitrogens with zero attached hydrogens (tertiary/aromatic N) is 3. The summed E-state index contributed by atoms with van der Waals surface area (Å²) in [5.74, 6) is -6.59. The molecule has 2 unspecified atom stereocenters. The molecule has 2 aromatic rings. The quantitative estimate of drug-likeness (QED) is 0.384. The van der Waals surface area contributed by atoms with Gasteiger partial charge in [0.05, 0.1) is 5.44 Å². The third kappa shape index (κ3) is 4.23. The number of piperidine rings is 1. The predicted octanol–water partition coefficient (Wildman–Crippen LogP) is -0.978. The lowest BCUT2D eigenvalue weighted by atomic mass is 9.61. The number of hydrogen-bond acceptors (Lipinski definition) is 4. The molecule has 0 radical (unpaired) electrons. The van der Waals surface area contributed by atoms with Crippen molar-refractivity contribution < 1.29 is 28.0 Å². The zero-order valence-electron chi connectivity index (χ0n) is 20.3. The molecule has 2 heterocycles. The summed E-state index contributed by atoms with van der Waals surface area (Å²) in [6.07, 6.45) is 0.207. The van der Waals surface area contributed by atoms with Gasteiger partial charge in [0.2, 0.25) is 27.8 Å². The summed E-state index contributed by atoms with van der Waals surface area (Å²) in [6, 6.07) is 9.70. The van der Waals surface area contributed by atoms with Crippen LogP contribution in [0.5, 0.6) is 0 Å². The first kappa shape index (κ1) is 26.0. The largest absolute Gasteiger partial charge is 0.384 e. The predicted molar refractivity (Wildman–Crippen MR) is 139 cm³/mol. The van der Waals surface area contributed by atoms with Crippen LogP contribution in [0.1, 0.15) is 33.5 Å². The van der Waals surface area contributed by atoms with Crippen molar-refractivity contribution in [3.63, 3.8) is 0 Å². The van der Waals surface area contributed by atoms with Crippen LogP contribution < -0.4 is 0 Å². The van der Waals surface area contributed by atoms with Crippen molar-refractivity contribution in [2.75, 3.05) is 0 Å². The van der Waals surface area contributed by atoms with Crippen LogP contribution in [0, 0.1) is 0 Å². The van der Waals surface area contributed by atoms with Gasteiger partial charge < -0.3 is 14.5 Å². The Kier molecular flexibility index (Phi) is 6.58. The van der Waals surface area contributed by atoms with E-state index in [2.05, 4.69) is 0 Å². The van der Waals surface area contributed by atoms with Gasteiger partial charge in [0, 0.05) is 35.1 Å². The summed E-state index contributed by atoms with van der Waals surface area (Å²) in [6.45, 7) is 0.0333. The molecule has 7 nitrogen and oxygen atoms in total. The number of amides is 4. The molecule has 4 amide bonds. The molecule has 182 valence electrons. The molecular formula is C22H22B4ClF2N3O4. The first-order chi connectivity index (χ1) is 16.8. The van der Waals surface area contributed by atoms with E-state index in [-0.39, 0.29) is 36.3 Å². The third-order valence-corrected chi connectivity index (χ3v) is 7.28. The first-order valence-electron chi connectivity index (χ1n) is 11.4. The average molecular weight is 509 g/mol. The highest BCUT2D eigenvalue weighted by Gasteiger charge is 2.52. The summed E-state index contributed by atoms with van der Waals surface area (Å²) < 4.78 is 29.6. The Balaban J connectivity index is 1.53. The standard InChI is InChI=1S/C22H22B4ClF2N3O4/c23-16-8-21(24,19(35)32(26)18(16)34)30-10-12-7-11(1-6-15(12)17(30)33)9-31(25)20(36)22(28,29)13-2-4-14(27)5-3-13/h1-7,16H,8-10,23-26H2. The van der Waals surface area contributed by atoms with E-state index in [1.54, 1.807) is 33.9 Å². The molecule has 36 heavy (non-hydrogen) atoms. The fourth-order valence-corrected chi connectivity index (χ4v) is 5.15. The van der Waals surface area contributed by atoms with Gasteiger partial charge >= 0.3 is 5.92 Å². The lowest BCUT2D eigenvalue weighted by molar-refractivity contribution is -0.154. The van der Waals surface area contributed by atoms with Gasteiger partial charge in [0.15, 0.2) is 0 Å². The summed E-state index contributed by atoms with van der Waals surface area (Å²) in [5.41, 5.74) is -0.0513. The van der Waals surface area contributed by atoms with E-state index in [9.17, 15) is 28.0 Å². The highest BCUT2D eigenvalue weighted by molar-refractivity contribution is 6.42. The molecule has 0 aliphatic carbocycles. The van der Waals surface area contributed by atoms with Crippen molar-refractivity contribution >= 4 is 66.9 Å². The summed E-state index contributed by atoms with van der Waals surface area (Å²) >= 11 is 5.76. The molecule has 0 bridgehead atoms. The molecule has 2 aliphatic heterocycles. The SMILES string of the molecule is BC1CC(B)(N2Cc3cc(CN(B)C(=O)C(F)(F)c4ccc(Cl)cc4)ccc3C2=O)C(=O)N(B)C1=O. The lowest BCUT2D eigenvalue weighted by Crippen LogP contribution is -2.65. The number of alkyl halides is 2. The maximum atomic E-state index is 14.8. The molecule has 1 fully saturated rings. The van der Waals surface area contributed by atoms with Crippen LogP contribution >= 0.6 is 11.6 Å². The Labute approximate surface area is 215 Å². The van der Waals surface area contributed by atoms with Gasteiger partial charge in [-0.2, -0.15) is 8.78 Å². The van der Waals surface area contributed by atoms with Gasteiger partial charge in [-0.3, -0.25) is 19.2 Å². The first-order valence-corrected chi connectivity index (χ1v) is 11.8. The minimum Gasteiger partial charge on any atom is -0.384 e. The molecular weight excluding hydrogens is 487 g/mol. The number of benzene rings is 2. The van der Waals surface area contributed by atoms with Gasteiger partial charge in [-0.25, -0.2) is 0 Å². The van der Waals surface area contributed by atoms with Gasteiger partial charge in [0.25, 0.3) is 11.8 Å². The molecule has 0 spiro atoms. The van der Waals surface area contributed by atoms with E-state index in [1.165, 1.54) is 33.0 Å². The van der Waals surface area contributed by atoms with Gasteiger partial charge in [-0.15, -0.1) is 0 Å². The van der Waals surface area contributed by atoms with Crippen molar-refractivity contribution in [3.8, 4) is 0 Å². The second-order valence-corrected chi connectivity index (χ2v) is 10.1. The average Bonchev–Trinajstić information content (AvgIpc) is 3.17. The molecule has 0 aromatic heterocycles. The van der Waals surface area contributed by atoms with Crippen molar-refractivity contribution in [2.45, 2.75) is 36.7 Å². The Morgan fingerprint density at radius 1 is 1.17 bits per heavy atom. The number of fused-ring (bicyclic) bond motifs is 1. The summed E-state index contributed by atoms with van der Waals surface area (Å²) in [4.78, 5) is 54.4. The van der Waals surface area contributed by atoms with E-state index in [1.807, 2.05) is 0 Å². The van der Waals surface area contributed by atoms with Crippen molar-refractivity contribution in [1.29, 1.82) is 0 Å². The topological polar surface area (TPSA) is 78.0 Å². The molecule has 2 aromatic carbocycles. The number of imide groups is 1. The third-order valence-electron chi connectivity index (χ3n) is 7.03. The number of halogens is 3. The Morgan fingerprint density at radius 2 is 1.81 bits per heavy atom. The monoisotopic (exact) mass is 509 g/mol. The lowest BCUT2D eigenvalue weighted by Gasteiger charge is -2.45. The fourth-order valence-electron chi connectivity index (χ4n) is 5.03. The van der Waals surface area contributed by atoms with Gasteiger partial charge in [-0.05, 0) is 35.7 Å². The normalized spacial score (nSPS) is 22.1. The van der Waals surface area contributed by atoms with Crippen LogP contribution in [0.25, 0.3) is 0 Å². The van der Waals surface area contributed by atoms with Crippen molar-refractivity contribution in [1.82, 2.24) is 14.5 Å². The highest BCUT2D eigenvalue weighted by Crippen LogP contribution is 2.37. The van der Waals surface area contributed by atoms with E-state index < -0.39 is 34.6 Å². The fraction of sp³-hybridized carbons (Fsp3) is 0.273. The molecule has 0 N–H and O–H groups in total. The minimum atomic E-state index is -3.74. The zero-order chi connectivity index (χ0) is 26.6. The second-order valence-electron chi connectivity index (χ2n) is 9.71. The van der Waals surface area contributed by atoms with Crippen LogP contribution in [-0.4, -0.2) is 75.2 Å². The maximum absolute atomic E-state index is 14.8. The van der Waals surface area contributed by atoms with Crippen LogP contribution in [0.2, 0.25) is 10.8 Å². The van der Waals surface area contributed by atoms with E-state index in [4.69, 9.17) is 11.6 Å². The second kappa shape index (κ2) is 9.10. The molecule has 14 heteroatoms. The maximum Gasteiger partial charge on any atom is 0.348 e. The molecule has 2 atom stereocenters. The smallest absolute Gasteiger partial charge is 0.348 e. The van der Waals surface area contributed by atoms with Crippen molar-refractivity contribution in [2.24, 2.45) is 0 Å². The van der Waals surface area contributed by atoms with Crippen molar-refractivity contribution in [3.05, 3.63) is 69.7 Å². The van der Waals surface area contributed by atoms with Crippen LogP contribution in [0.3, 0.4) is 0 Å². The summed E-state index contributed by atoms with van der Waals surface area (Å²) in [5, 5.41) is 0.286. The number of carbonyl (C=O) groups is 4. The van der Waals surface area contributed by atoms with Crippen LogP contribution in [0.4, 0.5) is 8.78 Å². The Hall–Kier alpha value is -3.07. The molecule has 2 aliphatic rings. The number of hydrogen-bond donors (Lipinski definition) is 0. The number of rotatable bonds is 5. The van der Waals surface area contributed by atoms with E-state index in [0.29, 0.717) is 16.7 Å². The van der Waals surface area contributed by atoms with Gasteiger partial charge in [-0.1, -0.05) is 35.9 Å². The minimum absolute atomic E-state index is 0.103. The Bertz CT molecular complexity index is 1280. The molecule has 4 rings (SSSR count). The summed E-state index contributed by atoms with van der Waals surface area (Å²) in [7, 11) is 6.08.